The largest absolute Gasteiger partial charge is 0.496 e. The Hall–Kier alpha value is -1.66. The number of piperidine rings is 1. The molecule has 0 spiro atoms. The molecule has 1 aromatic carbocycles. The number of hydrogen-bond acceptors (Lipinski definition) is 5. The summed E-state index contributed by atoms with van der Waals surface area (Å²) in [6.07, 6.45) is 3.41. The van der Waals surface area contributed by atoms with Gasteiger partial charge in [0.05, 0.1) is 18.1 Å². The van der Waals surface area contributed by atoms with Crippen molar-refractivity contribution in [3.8, 4) is 5.75 Å². The molecule has 116 valence electrons. The predicted octanol–water partition coefficient (Wildman–Crippen LogP) is 2.16. The lowest BCUT2D eigenvalue weighted by molar-refractivity contribution is -0.385. The Morgan fingerprint density at radius 2 is 2.10 bits per heavy atom. The molecule has 0 atom stereocenters. The van der Waals surface area contributed by atoms with E-state index < -0.39 is 0 Å². The van der Waals surface area contributed by atoms with Crippen LogP contribution in [0.1, 0.15) is 24.8 Å². The minimum absolute atomic E-state index is 0.0855. The maximum atomic E-state index is 11.0. The van der Waals surface area contributed by atoms with Crippen molar-refractivity contribution in [2.45, 2.75) is 25.8 Å². The summed E-state index contributed by atoms with van der Waals surface area (Å²) in [7, 11) is 1.53. The molecule has 2 N–H and O–H groups in total. The van der Waals surface area contributed by atoms with Crippen molar-refractivity contribution >= 4 is 5.69 Å². The van der Waals surface area contributed by atoms with E-state index in [1.54, 1.807) is 6.07 Å². The molecule has 1 saturated heterocycles. The summed E-state index contributed by atoms with van der Waals surface area (Å²) in [5.41, 5.74) is 6.62. The Labute approximate surface area is 125 Å². The quantitative estimate of drug-likeness (QED) is 0.642. The third-order valence-corrected chi connectivity index (χ3v) is 4.09. The van der Waals surface area contributed by atoms with Crippen LogP contribution in [0, 0.1) is 16.0 Å². The minimum Gasteiger partial charge on any atom is -0.496 e. The number of likely N-dealkylation sites (tertiary alicyclic amines) is 1. The minimum atomic E-state index is -0.375. The number of hydrogen-bond donors (Lipinski definition) is 1. The molecule has 21 heavy (non-hydrogen) atoms. The first kappa shape index (κ1) is 15.7. The zero-order valence-corrected chi connectivity index (χ0v) is 12.5. The van der Waals surface area contributed by atoms with Gasteiger partial charge in [-0.15, -0.1) is 0 Å². The highest BCUT2D eigenvalue weighted by molar-refractivity contribution is 5.42. The highest BCUT2D eigenvalue weighted by atomic mass is 16.6. The van der Waals surface area contributed by atoms with Crippen LogP contribution >= 0.6 is 0 Å². The summed E-state index contributed by atoms with van der Waals surface area (Å²) in [6, 6.07) is 4.96. The fraction of sp³-hybridized carbons (Fsp3) is 0.600. The second-order valence-electron chi connectivity index (χ2n) is 5.59. The maximum absolute atomic E-state index is 11.0. The maximum Gasteiger partial charge on any atom is 0.273 e. The lowest BCUT2D eigenvalue weighted by Gasteiger charge is -2.31. The Kier molecular flexibility index (Phi) is 5.52. The molecule has 1 aromatic rings. The monoisotopic (exact) mass is 293 g/mol. The van der Waals surface area contributed by atoms with E-state index in [9.17, 15) is 10.1 Å². The normalized spacial score (nSPS) is 16.9. The molecule has 6 heteroatoms. The topological polar surface area (TPSA) is 81.6 Å². The molecule has 0 saturated carbocycles. The van der Waals surface area contributed by atoms with Crippen LogP contribution in [0.4, 0.5) is 5.69 Å². The van der Waals surface area contributed by atoms with Crippen molar-refractivity contribution in [1.29, 1.82) is 0 Å². The van der Waals surface area contributed by atoms with Crippen LogP contribution in [0.5, 0.6) is 5.75 Å². The highest BCUT2D eigenvalue weighted by Crippen LogP contribution is 2.26. The van der Waals surface area contributed by atoms with Crippen LogP contribution in [-0.4, -0.2) is 36.6 Å². The third-order valence-electron chi connectivity index (χ3n) is 4.09. The van der Waals surface area contributed by atoms with Gasteiger partial charge in [-0.1, -0.05) is 0 Å². The average Bonchev–Trinajstić information content (AvgIpc) is 2.49. The van der Waals surface area contributed by atoms with Crippen LogP contribution in [-0.2, 0) is 6.54 Å². The van der Waals surface area contributed by atoms with Crippen LogP contribution < -0.4 is 10.5 Å². The van der Waals surface area contributed by atoms with E-state index in [0.29, 0.717) is 5.75 Å². The molecule has 0 radical (unpaired) electrons. The first-order valence-electron chi connectivity index (χ1n) is 7.37. The molecule has 0 aliphatic carbocycles. The van der Waals surface area contributed by atoms with Gasteiger partial charge in [0, 0.05) is 12.6 Å². The SMILES string of the molecule is COc1cc(CN2CCC(CCN)CC2)cc([N+](=O)[O-])c1. The van der Waals surface area contributed by atoms with E-state index >= 15 is 0 Å². The van der Waals surface area contributed by atoms with Crippen molar-refractivity contribution in [1.82, 2.24) is 4.90 Å². The Bertz CT molecular complexity index is 485. The molecule has 6 nitrogen and oxygen atoms in total. The number of non-ortho nitro benzene ring substituents is 1. The number of methoxy groups -OCH3 is 1. The number of nitrogens with two attached hydrogens (primary N) is 1. The Morgan fingerprint density at radius 3 is 2.67 bits per heavy atom. The summed E-state index contributed by atoms with van der Waals surface area (Å²) >= 11 is 0. The second kappa shape index (κ2) is 7.38. The smallest absolute Gasteiger partial charge is 0.273 e. The van der Waals surface area contributed by atoms with E-state index in [1.165, 1.54) is 13.2 Å². The Balaban J connectivity index is 2.00. The average molecular weight is 293 g/mol. The van der Waals surface area contributed by atoms with E-state index in [2.05, 4.69) is 4.90 Å². The summed E-state index contributed by atoms with van der Waals surface area (Å²) in [4.78, 5) is 12.9. The van der Waals surface area contributed by atoms with Gasteiger partial charge in [0.2, 0.25) is 0 Å². The van der Waals surface area contributed by atoms with Crippen LogP contribution in [0.15, 0.2) is 18.2 Å². The van der Waals surface area contributed by atoms with Crippen molar-refractivity contribution in [3.05, 3.63) is 33.9 Å². The number of nitrogens with zero attached hydrogens (tertiary/aromatic N) is 2. The molecular formula is C15H23N3O3. The summed E-state index contributed by atoms with van der Waals surface area (Å²) in [5.74, 6) is 1.27. The number of rotatable bonds is 6. The summed E-state index contributed by atoms with van der Waals surface area (Å²) in [6.45, 7) is 3.53. The molecule has 1 aliphatic heterocycles. The number of benzene rings is 1. The third kappa shape index (κ3) is 4.41. The molecule has 1 aliphatic rings. The highest BCUT2D eigenvalue weighted by Gasteiger charge is 2.19. The number of nitro benzene ring substituents is 1. The van der Waals surface area contributed by atoms with E-state index in [0.717, 1.165) is 56.9 Å². The molecule has 2 rings (SSSR count). The van der Waals surface area contributed by atoms with Crippen LogP contribution in [0.3, 0.4) is 0 Å². The molecule has 1 fully saturated rings. The van der Waals surface area contributed by atoms with Crippen molar-refractivity contribution in [2.75, 3.05) is 26.7 Å². The van der Waals surface area contributed by atoms with E-state index in [1.807, 2.05) is 6.07 Å². The van der Waals surface area contributed by atoms with Gasteiger partial charge in [0.15, 0.2) is 0 Å². The van der Waals surface area contributed by atoms with Crippen molar-refractivity contribution in [2.24, 2.45) is 11.7 Å². The Morgan fingerprint density at radius 1 is 1.38 bits per heavy atom. The van der Waals surface area contributed by atoms with Crippen LogP contribution in [0.2, 0.25) is 0 Å². The molecule has 1 heterocycles. The lowest BCUT2D eigenvalue weighted by atomic mass is 9.93. The van der Waals surface area contributed by atoms with Gasteiger partial charge in [-0.25, -0.2) is 0 Å². The van der Waals surface area contributed by atoms with Gasteiger partial charge >= 0.3 is 0 Å². The standard InChI is InChI=1S/C15H23N3O3/c1-21-15-9-13(8-14(10-15)18(19)20)11-17-6-3-12(2-5-16)4-7-17/h8-10,12H,2-7,11,16H2,1H3. The van der Waals surface area contributed by atoms with Gasteiger partial charge < -0.3 is 10.5 Å². The number of nitro groups is 1. The first-order chi connectivity index (χ1) is 10.1. The fourth-order valence-corrected chi connectivity index (χ4v) is 2.89. The van der Waals surface area contributed by atoms with Crippen LogP contribution in [0.25, 0.3) is 0 Å². The molecule has 0 bridgehead atoms. The predicted molar refractivity (Wildman–Crippen MR) is 81.3 cm³/mol. The molecule has 0 aromatic heterocycles. The zero-order valence-electron chi connectivity index (χ0n) is 12.5. The molecule has 0 unspecified atom stereocenters. The van der Waals surface area contributed by atoms with Gasteiger partial charge in [0.1, 0.15) is 5.75 Å². The van der Waals surface area contributed by atoms with Gasteiger partial charge in [-0.2, -0.15) is 0 Å². The second-order valence-corrected chi connectivity index (χ2v) is 5.59. The summed E-state index contributed by atoms with van der Waals surface area (Å²) < 4.78 is 5.15. The van der Waals surface area contributed by atoms with Gasteiger partial charge in [0.25, 0.3) is 5.69 Å². The van der Waals surface area contributed by atoms with E-state index in [-0.39, 0.29) is 10.6 Å². The zero-order chi connectivity index (χ0) is 15.2. The van der Waals surface area contributed by atoms with Gasteiger partial charge in [-0.3, -0.25) is 15.0 Å². The first-order valence-corrected chi connectivity index (χ1v) is 7.37. The van der Waals surface area contributed by atoms with E-state index in [4.69, 9.17) is 10.5 Å². The van der Waals surface area contributed by atoms with Gasteiger partial charge in [-0.05, 0) is 56.4 Å². The molecule has 0 amide bonds. The summed E-state index contributed by atoms with van der Waals surface area (Å²) in [5, 5.41) is 11.0. The van der Waals surface area contributed by atoms with Crippen molar-refractivity contribution < 1.29 is 9.66 Å². The fourth-order valence-electron chi connectivity index (χ4n) is 2.89. The molecular weight excluding hydrogens is 270 g/mol. The van der Waals surface area contributed by atoms with Crippen molar-refractivity contribution in [3.63, 3.8) is 0 Å². The lowest BCUT2D eigenvalue weighted by Crippen LogP contribution is -2.33. The number of ether oxygens (including phenoxy) is 1.